The molecule has 0 aromatic rings. The molecule has 0 saturated carbocycles. The zero-order valence-corrected chi connectivity index (χ0v) is 9.28. The van der Waals surface area contributed by atoms with Gasteiger partial charge < -0.3 is 5.11 Å². The lowest BCUT2D eigenvalue weighted by Gasteiger charge is -2.17. The van der Waals surface area contributed by atoms with Gasteiger partial charge in [0.2, 0.25) is 0 Å². The normalized spacial score (nSPS) is 11.5. The average Bonchev–Trinajstić information content (AvgIpc) is 2.18. The summed E-state index contributed by atoms with van der Waals surface area (Å²) < 4.78 is 0. The Morgan fingerprint density at radius 3 is 2.27 bits per heavy atom. The molecule has 1 N–H and O–H groups in total. The Kier molecular flexibility index (Phi) is 7.28. The fourth-order valence-electron chi connectivity index (χ4n) is 1.17. The highest BCUT2D eigenvalue weighted by molar-refractivity contribution is 5.85. The summed E-state index contributed by atoms with van der Waals surface area (Å²) in [5, 5.41) is 8.64. The minimum atomic E-state index is -0.853. The van der Waals surface area contributed by atoms with E-state index in [0.29, 0.717) is 5.57 Å². The third kappa shape index (κ3) is 6.69. The third-order valence-electron chi connectivity index (χ3n) is 2.01. The third-order valence-corrected chi connectivity index (χ3v) is 2.01. The molecule has 0 saturated heterocycles. The van der Waals surface area contributed by atoms with Crippen LogP contribution < -0.4 is 0 Å². The maximum atomic E-state index is 10.5. The van der Waals surface area contributed by atoms with E-state index < -0.39 is 5.97 Å². The van der Waals surface area contributed by atoms with E-state index in [9.17, 15) is 4.79 Å². The van der Waals surface area contributed by atoms with Crippen molar-refractivity contribution in [3.63, 3.8) is 0 Å². The van der Waals surface area contributed by atoms with Gasteiger partial charge in [-0.25, -0.2) is 4.79 Å². The van der Waals surface area contributed by atoms with Crippen molar-refractivity contribution in [2.45, 2.75) is 13.3 Å². The molecule has 0 aromatic carbocycles. The van der Waals surface area contributed by atoms with Crippen LogP contribution in [0.5, 0.6) is 0 Å². The van der Waals surface area contributed by atoms with Crippen LogP contribution in [-0.4, -0.2) is 35.6 Å². The highest BCUT2D eigenvalue weighted by atomic mass is 16.4. The molecule has 3 heteroatoms. The molecule has 0 fully saturated rings. The summed E-state index contributed by atoms with van der Waals surface area (Å²) in [7, 11) is 0. The second-order valence-corrected chi connectivity index (χ2v) is 3.32. The topological polar surface area (TPSA) is 40.5 Å². The lowest BCUT2D eigenvalue weighted by Crippen LogP contribution is -2.24. The summed E-state index contributed by atoms with van der Waals surface area (Å²) in [6.45, 7) is 11.4. The molecular weight excluding hydrogens is 190 g/mol. The molecule has 15 heavy (non-hydrogen) atoms. The van der Waals surface area contributed by atoms with Crippen LogP contribution in [0.4, 0.5) is 0 Å². The number of hydrogen-bond acceptors (Lipinski definition) is 2. The second-order valence-electron chi connectivity index (χ2n) is 3.32. The number of carbonyl (C=O) groups is 1. The lowest BCUT2D eigenvalue weighted by molar-refractivity contribution is -0.132. The van der Waals surface area contributed by atoms with Crippen molar-refractivity contribution in [3.05, 3.63) is 37.0 Å². The zero-order chi connectivity index (χ0) is 11.7. The van der Waals surface area contributed by atoms with Gasteiger partial charge in [-0.1, -0.05) is 18.2 Å². The van der Waals surface area contributed by atoms with E-state index in [2.05, 4.69) is 18.1 Å². The average molecular weight is 209 g/mol. The van der Waals surface area contributed by atoms with Gasteiger partial charge >= 0.3 is 5.97 Å². The minimum Gasteiger partial charge on any atom is -0.478 e. The van der Waals surface area contributed by atoms with Crippen LogP contribution in [0.25, 0.3) is 0 Å². The molecule has 0 heterocycles. The Morgan fingerprint density at radius 2 is 1.87 bits per heavy atom. The molecule has 0 atom stereocenters. The standard InChI is InChI=1S/C12H19NO2/c1-4-8-13(9-5-2)10-6-7-11(3)12(14)15/h4-5,7H,1-2,6,8-10H2,3H3,(H,14,15)/b11-7+. The molecule has 0 unspecified atom stereocenters. The number of carboxylic acids is 1. The van der Waals surface area contributed by atoms with Crippen molar-refractivity contribution in [2.24, 2.45) is 0 Å². The number of rotatable bonds is 8. The van der Waals surface area contributed by atoms with Crippen molar-refractivity contribution >= 4 is 5.97 Å². The molecule has 0 aliphatic heterocycles. The first kappa shape index (κ1) is 13.7. The summed E-state index contributed by atoms with van der Waals surface area (Å²) in [4.78, 5) is 12.7. The van der Waals surface area contributed by atoms with E-state index >= 15 is 0 Å². The maximum absolute atomic E-state index is 10.5. The van der Waals surface area contributed by atoms with Crippen molar-refractivity contribution in [3.8, 4) is 0 Å². The van der Waals surface area contributed by atoms with Crippen LogP contribution in [0.15, 0.2) is 37.0 Å². The number of nitrogens with zero attached hydrogens (tertiary/aromatic N) is 1. The molecule has 84 valence electrons. The van der Waals surface area contributed by atoms with E-state index in [4.69, 9.17) is 5.11 Å². The summed E-state index contributed by atoms with van der Waals surface area (Å²) in [6, 6.07) is 0. The molecule has 0 aliphatic carbocycles. The van der Waals surface area contributed by atoms with E-state index in [1.54, 1.807) is 13.0 Å². The predicted octanol–water partition coefficient (Wildman–Crippen LogP) is 2.08. The zero-order valence-electron chi connectivity index (χ0n) is 9.28. The van der Waals surface area contributed by atoms with Crippen LogP contribution in [0, 0.1) is 0 Å². The van der Waals surface area contributed by atoms with E-state index in [1.807, 2.05) is 12.2 Å². The molecule has 3 nitrogen and oxygen atoms in total. The van der Waals surface area contributed by atoms with Crippen LogP contribution in [-0.2, 0) is 4.79 Å². The van der Waals surface area contributed by atoms with Gasteiger partial charge in [0.25, 0.3) is 0 Å². The molecule has 0 rings (SSSR count). The fourth-order valence-corrected chi connectivity index (χ4v) is 1.17. The molecular formula is C12H19NO2. The fraction of sp³-hybridized carbons (Fsp3) is 0.417. The van der Waals surface area contributed by atoms with Gasteiger partial charge in [-0.3, -0.25) is 4.90 Å². The number of carboxylic acid groups (broad SMARTS) is 1. The van der Waals surface area contributed by atoms with Gasteiger partial charge in [0, 0.05) is 25.2 Å². The van der Waals surface area contributed by atoms with Crippen LogP contribution in [0.2, 0.25) is 0 Å². The Labute approximate surface area is 91.4 Å². The van der Waals surface area contributed by atoms with Gasteiger partial charge in [0.1, 0.15) is 0 Å². The second kappa shape index (κ2) is 8.00. The highest BCUT2D eigenvalue weighted by Gasteiger charge is 2.01. The monoisotopic (exact) mass is 209 g/mol. The lowest BCUT2D eigenvalue weighted by atomic mass is 10.2. The highest BCUT2D eigenvalue weighted by Crippen LogP contribution is 1.98. The minimum absolute atomic E-state index is 0.396. The van der Waals surface area contributed by atoms with Crippen molar-refractivity contribution in [2.75, 3.05) is 19.6 Å². The van der Waals surface area contributed by atoms with Crippen LogP contribution in [0.1, 0.15) is 13.3 Å². The van der Waals surface area contributed by atoms with Crippen molar-refractivity contribution in [1.29, 1.82) is 0 Å². The predicted molar refractivity (Wildman–Crippen MR) is 62.8 cm³/mol. The Bertz CT molecular complexity index is 246. The molecule has 0 radical (unpaired) electrons. The summed E-state index contributed by atoms with van der Waals surface area (Å²) in [5.41, 5.74) is 0.396. The molecule has 0 aromatic heterocycles. The van der Waals surface area contributed by atoms with Crippen LogP contribution >= 0.6 is 0 Å². The Hall–Kier alpha value is -1.35. The van der Waals surface area contributed by atoms with Gasteiger partial charge in [-0.05, 0) is 13.3 Å². The first-order chi connectivity index (χ1) is 7.11. The van der Waals surface area contributed by atoms with E-state index in [0.717, 1.165) is 26.1 Å². The quantitative estimate of drug-likeness (QED) is 0.491. The maximum Gasteiger partial charge on any atom is 0.330 e. The van der Waals surface area contributed by atoms with Gasteiger partial charge in [-0.15, -0.1) is 13.2 Å². The van der Waals surface area contributed by atoms with Gasteiger partial charge in [0.15, 0.2) is 0 Å². The van der Waals surface area contributed by atoms with Crippen molar-refractivity contribution < 1.29 is 9.90 Å². The Balaban J connectivity index is 3.98. The van der Waals surface area contributed by atoms with E-state index in [-0.39, 0.29) is 0 Å². The molecule has 0 amide bonds. The SMILES string of the molecule is C=CCN(CC=C)CC/C=C(\C)C(=O)O. The smallest absolute Gasteiger partial charge is 0.330 e. The van der Waals surface area contributed by atoms with Gasteiger partial charge in [-0.2, -0.15) is 0 Å². The first-order valence-corrected chi connectivity index (χ1v) is 4.96. The summed E-state index contributed by atoms with van der Waals surface area (Å²) in [6.07, 6.45) is 6.13. The molecule has 0 bridgehead atoms. The van der Waals surface area contributed by atoms with Gasteiger partial charge in [0.05, 0.1) is 0 Å². The molecule has 0 aliphatic rings. The van der Waals surface area contributed by atoms with Crippen molar-refractivity contribution in [1.82, 2.24) is 4.90 Å². The van der Waals surface area contributed by atoms with Crippen LogP contribution in [0.3, 0.4) is 0 Å². The number of aliphatic carboxylic acids is 1. The number of hydrogen-bond donors (Lipinski definition) is 1. The summed E-state index contributed by atoms with van der Waals surface area (Å²) >= 11 is 0. The van der Waals surface area contributed by atoms with E-state index in [1.165, 1.54) is 0 Å². The first-order valence-electron chi connectivity index (χ1n) is 4.96. The molecule has 0 spiro atoms. The largest absolute Gasteiger partial charge is 0.478 e. The summed E-state index contributed by atoms with van der Waals surface area (Å²) in [5.74, 6) is -0.853. The Morgan fingerprint density at radius 1 is 1.33 bits per heavy atom.